The molecule has 4 nitrogen and oxygen atoms in total. The van der Waals surface area contributed by atoms with Gasteiger partial charge in [-0.25, -0.2) is 9.18 Å². The highest BCUT2D eigenvalue weighted by Gasteiger charge is 2.29. The van der Waals surface area contributed by atoms with Gasteiger partial charge in [0.15, 0.2) is 18.2 Å². The summed E-state index contributed by atoms with van der Waals surface area (Å²) < 4.78 is 66.3. The van der Waals surface area contributed by atoms with Gasteiger partial charge in [-0.15, -0.1) is 0 Å². The van der Waals surface area contributed by atoms with Crippen LogP contribution in [0.2, 0.25) is 0 Å². The van der Waals surface area contributed by atoms with Crippen molar-refractivity contribution in [3.8, 4) is 17.2 Å². The van der Waals surface area contributed by atoms with Gasteiger partial charge in [0.2, 0.25) is 0 Å². The summed E-state index contributed by atoms with van der Waals surface area (Å²) in [6.07, 6.45) is -2.98. The number of benzene rings is 3. The number of ether oxygens (including phenoxy) is 3. The molecule has 0 saturated heterocycles. The van der Waals surface area contributed by atoms with Gasteiger partial charge < -0.3 is 14.2 Å². The van der Waals surface area contributed by atoms with Gasteiger partial charge in [0.25, 0.3) is 0 Å². The summed E-state index contributed by atoms with van der Waals surface area (Å²) in [5, 5.41) is 0.378. The second-order valence-electron chi connectivity index (χ2n) is 6.18. The van der Waals surface area contributed by atoms with Gasteiger partial charge in [0.1, 0.15) is 18.1 Å². The second-order valence-corrected chi connectivity index (χ2v) is 6.18. The number of hydrogen-bond acceptors (Lipinski definition) is 4. The summed E-state index contributed by atoms with van der Waals surface area (Å²) in [6.45, 7) is 2.28. The molecule has 0 bridgehead atoms. The first kappa shape index (κ1) is 21.2. The van der Waals surface area contributed by atoms with E-state index in [1.165, 1.54) is 36.4 Å². The number of halogens is 4. The molecule has 3 rings (SSSR count). The summed E-state index contributed by atoms with van der Waals surface area (Å²) in [4.78, 5) is 12.3. The molecule has 0 aliphatic rings. The van der Waals surface area contributed by atoms with Crippen LogP contribution in [0.5, 0.6) is 17.2 Å². The largest absolute Gasteiger partial charge is 0.490 e. The van der Waals surface area contributed by atoms with E-state index in [2.05, 4.69) is 11.3 Å². The normalized spacial score (nSPS) is 11.2. The molecule has 0 aliphatic heterocycles. The average molecular weight is 420 g/mol. The van der Waals surface area contributed by atoms with E-state index in [0.29, 0.717) is 17.7 Å². The van der Waals surface area contributed by atoms with Crippen LogP contribution in [-0.4, -0.2) is 25.4 Å². The molecule has 0 saturated carbocycles. The monoisotopic (exact) mass is 420 g/mol. The van der Waals surface area contributed by atoms with Crippen LogP contribution in [-0.2, 0) is 0 Å². The van der Waals surface area contributed by atoms with E-state index in [4.69, 9.17) is 9.47 Å². The van der Waals surface area contributed by atoms with Crippen molar-refractivity contribution < 1.29 is 36.6 Å². The number of esters is 1. The van der Waals surface area contributed by atoms with Gasteiger partial charge in [0, 0.05) is 5.39 Å². The molecule has 3 aromatic rings. The predicted octanol–water partition coefficient (Wildman–Crippen LogP) is 5.70. The number of hydrogen-bond donors (Lipinski definition) is 0. The van der Waals surface area contributed by atoms with Gasteiger partial charge >= 0.3 is 12.1 Å². The lowest BCUT2D eigenvalue weighted by Crippen LogP contribution is -2.19. The molecule has 0 spiro atoms. The van der Waals surface area contributed by atoms with E-state index in [1.54, 1.807) is 18.2 Å². The number of fused-ring (bicyclic) bond motifs is 1. The van der Waals surface area contributed by atoms with Crippen LogP contribution in [0.25, 0.3) is 10.8 Å². The first-order valence-corrected chi connectivity index (χ1v) is 8.74. The Morgan fingerprint density at radius 3 is 2.33 bits per heavy atom. The van der Waals surface area contributed by atoms with Gasteiger partial charge in [-0.2, -0.15) is 13.2 Å². The lowest BCUT2D eigenvalue weighted by atomic mass is 10.1. The quantitative estimate of drug-likeness (QED) is 0.213. The van der Waals surface area contributed by atoms with Crippen LogP contribution in [0.1, 0.15) is 10.4 Å². The standard InChI is InChI=1S/C22H16F4O4/c1-2-11-28-16-6-3-14(4-7-16)21(27)30-17-8-9-18-15(12-17)5-10-19(20(18)23)29-13-22(24,25)26/h2-10,12H,1,11,13H2. The highest BCUT2D eigenvalue weighted by Crippen LogP contribution is 2.30. The summed E-state index contributed by atoms with van der Waals surface area (Å²) in [7, 11) is 0. The minimum absolute atomic E-state index is 0.0400. The van der Waals surface area contributed by atoms with Gasteiger partial charge in [0.05, 0.1) is 5.56 Å². The summed E-state index contributed by atoms with van der Waals surface area (Å²) in [5.74, 6) is -1.35. The fourth-order valence-corrected chi connectivity index (χ4v) is 2.59. The zero-order chi connectivity index (χ0) is 21.7. The minimum Gasteiger partial charge on any atom is -0.490 e. The Hall–Kier alpha value is -3.55. The van der Waals surface area contributed by atoms with Crippen molar-refractivity contribution in [1.29, 1.82) is 0 Å². The Balaban J connectivity index is 1.73. The van der Waals surface area contributed by atoms with Crippen molar-refractivity contribution in [3.63, 3.8) is 0 Å². The number of alkyl halides is 3. The molecule has 8 heteroatoms. The van der Waals surface area contributed by atoms with Crippen molar-refractivity contribution in [1.82, 2.24) is 0 Å². The number of carbonyl (C=O) groups is 1. The van der Waals surface area contributed by atoms with E-state index in [9.17, 15) is 22.4 Å². The van der Waals surface area contributed by atoms with E-state index in [1.807, 2.05) is 0 Å². The Morgan fingerprint density at radius 1 is 0.967 bits per heavy atom. The van der Waals surface area contributed by atoms with E-state index in [-0.39, 0.29) is 16.7 Å². The van der Waals surface area contributed by atoms with Crippen molar-refractivity contribution >= 4 is 16.7 Å². The van der Waals surface area contributed by atoms with E-state index in [0.717, 1.165) is 6.07 Å². The van der Waals surface area contributed by atoms with Crippen LogP contribution in [0, 0.1) is 5.82 Å². The molecule has 3 aromatic carbocycles. The molecule has 0 aliphatic carbocycles. The van der Waals surface area contributed by atoms with Crippen molar-refractivity contribution in [3.05, 3.63) is 78.6 Å². The van der Waals surface area contributed by atoms with Crippen LogP contribution >= 0.6 is 0 Å². The second kappa shape index (κ2) is 8.86. The van der Waals surface area contributed by atoms with E-state index >= 15 is 0 Å². The third-order valence-corrected chi connectivity index (χ3v) is 3.95. The molecular formula is C22H16F4O4. The maximum absolute atomic E-state index is 14.4. The molecular weight excluding hydrogens is 404 g/mol. The molecule has 0 unspecified atom stereocenters. The minimum atomic E-state index is -4.57. The van der Waals surface area contributed by atoms with Gasteiger partial charge in [-0.05, 0) is 53.9 Å². The van der Waals surface area contributed by atoms with Crippen molar-refractivity contribution in [2.45, 2.75) is 6.18 Å². The topological polar surface area (TPSA) is 44.8 Å². The third-order valence-electron chi connectivity index (χ3n) is 3.95. The summed E-state index contributed by atoms with van der Waals surface area (Å²) in [6, 6.07) is 12.8. The lowest BCUT2D eigenvalue weighted by molar-refractivity contribution is -0.153. The maximum Gasteiger partial charge on any atom is 0.422 e. The van der Waals surface area contributed by atoms with Gasteiger partial charge in [-0.1, -0.05) is 18.7 Å². The molecule has 0 N–H and O–H groups in total. The summed E-state index contributed by atoms with van der Waals surface area (Å²) in [5.41, 5.74) is 0.281. The van der Waals surface area contributed by atoms with E-state index < -0.39 is 30.3 Å². The fraction of sp³-hybridized carbons (Fsp3) is 0.136. The first-order chi connectivity index (χ1) is 14.3. The smallest absolute Gasteiger partial charge is 0.422 e. The van der Waals surface area contributed by atoms with Crippen LogP contribution in [0.3, 0.4) is 0 Å². The summed E-state index contributed by atoms with van der Waals surface area (Å²) >= 11 is 0. The highest BCUT2D eigenvalue weighted by atomic mass is 19.4. The molecule has 0 atom stereocenters. The van der Waals surface area contributed by atoms with Gasteiger partial charge in [-0.3, -0.25) is 0 Å². The molecule has 0 radical (unpaired) electrons. The number of carbonyl (C=O) groups excluding carboxylic acids is 1. The molecule has 30 heavy (non-hydrogen) atoms. The molecule has 0 amide bonds. The average Bonchev–Trinajstić information content (AvgIpc) is 2.71. The molecule has 156 valence electrons. The Kier molecular flexibility index (Phi) is 6.25. The number of rotatable bonds is 7. The predicted molar refractivity (Wildman–Crippen MR) is 103 cm³/mol. The lowest BCUT2D eigenvalue weighted by Gasteiger charge is -2.12. The van der Waals surface area contributed by atoms with Crippen LogP contribution < -0.4 is 14.2 Å². The Labute approximate surface area is 169 Å². The Bertz CT molecular complexity index is 1060. The van der Waals surface area contributed by atoms with Crippen LogP contribution in [0.4, 0.5) is 17.6 Å². The van der Waals surface area contributed by atoms with Crippen molar-refractivity contribution in [2.75, 3.05) is 13.2 Å². The molecule has 0 fully saturated rings. The zero-order valence-corrected chi connectivity index (χ0v) is 15.5. The zero-order valence-electron chi connectivity index (χ0n) is 15.5. The SMILES string of the molecule is C=CCOc1ccc(C(=O)Oc2ccc3c(F)c(OCC(F)(F)F)ccc3c2)cc1. The third kappa shape index (κ3) is 5.28. The molecule has 0 aromatic heterocycles. The van der Waals surface area contributed by atoms with Crippen molar-refractivity contribution in [2.24, 2.45) is 0 Å². The fourth-order valence-electron chi connectivity index (χ4n) is 2.59. The highest BCUT2D eigenvalue weighted by molar-refractivity contribution is 5.92. The first-order valence-electron chi connectivity index (χ1n) is 8.74. The molecule has 0 heterocycles. The van der Waals surface area contributed by atoms with Crippen LogP contribution in [0.15, 0.2) is 67.3 Å². The Morgan fingerprint density at radius 2 is 1.67 bits per heavy atom. The maximum atomic E-state index is 14.4.